The van der Waals surface area contributed by atoms with Gasteiger partial charge in [-0.3, -0.25) is 14.9 Å². The normalized spacial score (nSPS) is 10.1. The molecule has 1 aromatic heterocycles. The summed E-state index contributed by atoms with van der Waals surface area (Å²) >= 11 is 3.03. The van der Waals surface area contributed by atoms with Crippen LogP contribution in [0, 0.1) is 10.1 Å². The van der Waals surface area contributed by atoms with Gasteiger partial charge in [-0.25, -0.2) is 4.79 Å². The van der Waals surface area contributed by atoms with E-state index in [1.165, 1.54) is 12.1 Å². The molecule has 2 N–H and O–H groups in total. The first-order chi connectivity index (χ1) is 9.88. The average molecular weight is 355 g/mol. The van der Waals surface area contributed by atoms with Gasteiger partial charge in [0.05, 0.1) is 10.5 Å². The number of carboxylic acid groups (broad SMARTS) is 1. The van der Waals surface area contributed by atoms with Gasteiger partial charge in [-0.2, -0.15) is 0 Å². The zero-order valence-corrected chi connectivity index (χ0v) is 11.8. The molecule has 0 atom stereocenters. The van der Waals surface area contributed by atoms with Crippen molar-refractivity contribution in [3.05, 3.63) is 56.4 Å². The molecule has 0 aliphatic heterocycles. The molecule has 0 aliphatic carbocycles. The van der Waals surface area contributed by atoms with Crippen LogP contribution in [0.4, 0.5) is 11.4 Å². The van der Waals surface area contributed by atoms with Crippen molar-refractivity contribution >= 4 is 39.2 Å². The third kappa shape index (κ3) is 3.26. The number of benzene rings is 1. The number of carboxylic acids is 1. The summed E-state index contributed by atoms with van der Waals surface area (Å²) in [5.74, 6) is -2.03. The minimum Gasteiger partial charge on any atom is -0.478 e. The number of amides is 1. The van der Waals surface area contributed by atoms with Gasteiger partial charge in [0.1, 0.15) is 5.69 Å². The van der Waals surface area contributed by atoms with Crippen LogP contribution in [0.5, 0.6) is 0 Å². The number of rotatable bonds is 4. The van der Waals surface area contributed by atoms with E-state index in [0.717, 1.165) is 18.2 Å². The van der Waals surface area contributed by atoms with Crippen LogP contribution in [-0.4, -0.2) is 21.9 Å². The predicted molar refractivity (Wildman–Crippen MR) is 74.4 cm³/mol. The number of hydrogen-bond donors (Lipinski definition) is 2. The highest BCUT2D eigenvalue weighted by Crippen LogP contribution is 2.26. The van der Waals surface area contributed by atoms with Crippen molar-refractivity contribution < 1.29 is 24.0 Å². The van der Waals surface area contributed by atoms with Gasteiger partial charge in [-0.05, 0) is 40.2 Å². The minimum absolute atomic E-state index is 0.0431. The highest BCUT2D eigenvalue weighted by Gasteiger charge is 2.20. The van der Waals surface area contributed by atoms with Crippen molar-refractivity contribution in [3.8, 4) is 0 Å². The summed E-state index contributed by atoms with van der Waals surface area (Å²) in [6.45, 7) is 0. The van der Waals surface area contributed by atoms with Gasteiger partial charge >= 0.3 is 5.97 Å². The number of anilines is 1. The number of furan rings is 1. The molecule has 0 unspecified atom stereocenters. The number of nitrogens with one attached hydrogen (secondary N) is 1. The van der Waals surface area contributed by atoms with Gasteiger partial charge in [0.15, 0.2) is 10.4 Å². The Morgan fingerprint density at radius 3 is 2.52 bits per heavy atom. The van der Waals surface area contributed by atoms with Gasteiger partial charge in [-0.15, -0.1) is 0 Å². The average Bonchev–Trinajstić information content (AvgIpc) is 2.85. The van der Waals surface area contributed by atoms with Crippen LogP contribution in [0.3, 0.4) is 0 Å². The van der Waals surface area contributed by atoms with Crippen molar-refractivity contribution in [1.29, 1.82) is 0 Å². The second-order valence-corrected chi connectivity index (χ2v) is 4.63. The Morgan fingerprint density at radius 1 is 1.29 bits per heavy atom. The number of halogens is 1. The molecule has 0 bridgehead atoms. The zero-order valence-electron chi connectivity index (χ0n) is 10.2. The maximum absolute atomic E-state index is 11.9. The Bertz CT molecular complexity index is 739. The van der Waals surface area contributed by atoms with Crippen molar-refractivity contribution in [3.63, 3.8) is 0 Å². The van der Waals surface area contributed by atoms with Crippen LogP contribution in [0.25, 0.3) is 0 Å². The van der Waals surface area contributed by atoms with Crippen LogP contribution < -0.4 is 5.32 Å². The molecule has 1 aromatic carbocycles. The van der Waals surface area contributed by atoms with E-state index >= 15 is 0 Å². The van der Waals surface area contributed by atoms with E-state index in [4.69, 9.17) is 9.52 Å². The summed E-state index contributed by atoms with van der Waals surface area (Å²) in [4.78, 5) is 32.8. The molecular weight excluding hydrogens is 348 g/mol. The van der Waals surface area contributed by atoms with Gasteiger partial charge in [0, 0.05) is 6.07 Å². The number of nitrogens with zero attached hydrogens (tertiary/aromatic N) is 1. The van der Waals surface area contributed by atoms with E-state index in [9.17, 15) is 19.7 Å². The molecule has 2 rings (SSSR count). The molecule has 9 heteroatoms. The number of aromatic carboxylic acids is 1. The molecule has 1 heterocycles. The van der Waals surface area contributed by atoms with Crippen LogP contribution >= 0.6 is 15.9 Å². The van der Waals surface area contributed by atoms with E-state index in [0.29, 0.717) is 4.67 Å². The minimum atomic E-state index is -1.30. The first-order valence-corrected chi connectivity index (χ1v) is 6.26. The number of carbonyl (C=O) groups is 2. The lowest BCUT2D eigenvalue weighted by Gasteiger charge is -2.05. The molecule has 108 valence electrons. The molecule has 0 aliphatic rings. The molecule has 8 nitrogen and oxygen atoms in total. The molecule has 21 heavy (non-hydrogen) atoms. The lowest BCUT2D eigenvalue weighted by Crippen LogP contribution is -2.12. The summed E-state index contributed by atoms with van der Waals surface area (Å²) in [6, 6.07) is 6.06. The SMILES string of the molecule is O=C(O)c1ccc(NC(=O)c2ccc(Br)o2)c([N+](=O)[O-])c1. The predicted octanol–water partition coefficient (Wildman–Crippen LogP) is 2.90. The van der Waals surface area contributed by atoms with Crippen molar-refractivity contribution in [2.75, 3.05) is 5.32 Å². The monoisotopic (exact) mass is 354 g/mol. The smallest absolute Gasteiger partial charge is 0.335 e. The Morgan fingerprint density at radius 2 is 2.00 bits per heavy atom. The summed E-state index contributed by atoms with van der Waals surface area (Å²) < 4.78 is 5.36. The molecule has 1 amide bonds. The Kier molecular flexibility index (Phi) is 4.03. The quantitative estimate of drug-likeness (QED) is 0.642. The summed E-state index contributed by atoms with van der Waals surface area (Å²) in [7, 11) is 0. The molecule has 0 saturated carbocycles. The second kappa shape index (κ2) is 5.75. The Hall–Kier alpha value is -2.68. The fourth-order valence-electron chi connectivity index (χ4n) is 1.54. The van der Waals surface area contributed by atoms with Crippen LogP contribution in [0.2, 0.25) is 0 Å². The number of nitro groups is 1. The van der Waals surface area contributed by atoms with Crippen LogP contribution in [-0.2, 0) is 0 Å². The molecule has 0 saturated heterocycles. The zero-order chi connectivity index (χ0) is 15.6. The maximum Gasteiger partial charge on any atom is 0.335 e. The standard InChI is InChI=1S/C12H7BrN2O6/c13-10-4-3-9(21-10)11(16)14-7-2-1-6(12(17)18)5-8(7)15(19)20/h1-5H,(H,14,16)(H,17,18). The molecule has 0 fully saturated rings. The Balaban J connectivity index is 2.33. The second-order valence-electron chi connectivity index (χ2n) is 3.85. The van der Waals surface area contributed by atoms with Crippen LogP contribution in [0.15, 0.2) is 39.4 Å². The Labute approximate surface area is 125 Å². The third-order valence-corrected chi connectivity index (χ3v) is 2.91. The van der Waals surface area contributed by atoms with Gasteiger partial charge in [0.2, 0.25) is 0 Å². The third-order valence-electron chi connectivity index (χ3n) is 2.49. The van der Waals surface area contributed by atoms with E-state index in [1.54, 1.807) is 0 Å². The fraction of sp³-hybridized carbons (Fsp3) is 0. The highest BCUT2D eigenvalue weighted by molar-refractivity contribution is 9.10. The number of carbonyl (C=O) groups excluding carboxylic acids is 1. The van der Waals surface area contributed by atoms with E-state index in [-0.39, 0.29) is 17.0 Å². The first kappa shape index (κ1) is 14.7. The van der Waals surface area contributed by atoms with Crippen molar-refractivity contribution in [1.82, 2.24) is 0 Å². The highest BCUT2D eigenvalue weighted by atomic mass is 79.9. The topological polar surface area (TPSA) is 123 Å². The van der Waals surface area contributed by atoms with Gasteiger partial charge < -0.3 is 14.8 Å². The summed E-state index contributed by atoms with van der Waals surface area (Å²) in [6.07, 6.45) is 0. The number of nitro benzene ring substituents is 1. The maximum atomic E-state index is 11.9. The summed E-state index contributed by atoms with van der Waals surface area (Å²) in [5.41, 5.74) is -0.892. The van der Waals surface area contributed by atoms with E-state index in [2.05, 4.69) is 21.2 Å². The number of hydrogen-bond acceptors (Lipinski definition) is 5. The van der Waals surface area contributed by atoms with E-state index in [1.807, 2.05) is 0 Å². The molecule has 2 aromatic rings. The van der Waals surface area contributed by atoms with Crippen LogP contribution in [0.1, 0.15) is 20.9 Å². The molecular formula is C12H7BrN2O6. The van der Waals surface area contributed by atoms with Gasteiger partial charge in [-0.1, -0.05) is 0 Å². The lowest BCUT2D eigenvalue weighted by molar-refractivity contribution is -0.383. The fourth-order valence-corrected chi connectivity index (χ4v) is 1.85. The largest absolute Gasteiger partial charge is 0.478 e. The first-order valence-electron chi connectivity index (χ1n) is 5.47. The van der Waals surface area contributed by atoms with Crippen molar-refractivity contribution in [2.45, 2.75) is 0 Å². The van der Waals surface area contributed by atoms with E-state index < -0.39 is 22.5 Å². The lowest BCUT2D eigenvalue weighted by atomic mass is 10.1. The summed E-state index contributed by atoms with van der Waals surface area (Å²) in [5, 5.41) is 22.1. The molecule has 0 spiro atoms. The van der Waals surface area contributed by atoms with Gasteiger partial charge in [0.25, 0.3) is 11.6 Å². The molecule has 0 radical (unpaired) electrons. The van der Waals surface area contributed by atoms with Crippen molar-refractivity contribution in [2.24, 2.45) is 0 Å².